The minimum absolute atomic E-state index is 0.107. The molecule has 0 spiro atoms. The molecule has 0 radical (unpaired) electrons. The lowest BCUT2D eigenvalue weighted by Crippen LogP contribution is -2.30. The molecule has 3 N–H and O–H groups in total. The van der Waals surface area contributed by atoms with E-state index < -0.39 is 97.5 Å². The number of ether oxygens (including phenoxy) is 4. The minimum Gasteiger partial charge on any atom is -0.462 e. The molecule has 0 aliphatic heterocycles. The van der Waals surface area contributed by atoms with Crippen LogP contribution in [0.3, 0.4) is 0 Å². The number of unbranched alkanes of at least 4 members (excludes halogenated alkanes) is 50. The van der Waals surface area contributed by atoms with Gasteiger partial charge in [0.15, 0.2) is 12.2 Å². The minimum atomic E-state index is -4.96. The Morgan fingerprint density at radius 1 is 0.278 bits per heavy atom. The molecule has 0 aliphatic carbocycles. The number of aliphatic hydroxyl groups excluding tert-OH is 1. The topological polar surface area (TPSA) is 237 Å². The van der Waals surface area contributed by atoms with Crippen LogP contribution in [0.25, 0.3) is 0 Å². The standard InChI is InChI=1S/C78H152O17P2/c1-6-9-12-15-18-21-23-24-25-28-32-35-39-42-47-52-57-62-76(81)89-68-74(95-78(83)64-59-54-49-44-40-36-33-30-27-26-29-31-34-38-41-45-50-55-60-71(4)5)70-93-97(86,87)91-66-72(79)65-90-96(84,85)92-69-73(67-88-75(80)61-56-51-46-20-17-14-11-8-3)94-77(82)63-58-53-48-43-37-22-19-16-13-10-7-2/h71-74,79H,6-70H2,1-5H3,(H,84,85)(H,86,87)/t72-,73+,74+/m0/s1. The average Bonchev–Trinajstić information content (AvgIpc) is 1.33. The molecule has 17 nitrogen and oxygen atoms in total. The van der Waals surface area contributed by atoms with Crippen molar-refractivity contribution in [3.63, 3.8) is 0 Å². The molecule has 19 heteroatoms. The van der Waals surface area contributed by atoms with E-state index in [0.29, 0.717) is 25.7 Å². The molecule has 0 aromatic carbocycles. The van der Waals surface area contributed by atoms with Crippen LogP contribution in [0.5, 0.6) is 0 Å². The third-order valence-corrected chi connectivity index (χ3v) is 20.2. The van der Waals surface area contributed by atoms with Crippen molar-refractivity contribution in [2.75, 3.05) is 39.6 Å². The highest BCUT2D eigenvalue weighted by Crippen LogP contribution is 2.45. The van der Waals surface area contributed by atoms with Crippen molar-refractivity contribution >= 4 is 39.5 Å². The van der Waals surface area contributed by atoms with E-state index in [0.717, 1.165) is 102 Å². The van der Waals surface area contributed by atoms with Crippen molar-refractivity contribution in [1.82, 2.24) is 0 Å². The van der Waals surface area contributed by atoms with Crippen LogP contribution in [0.4, 0.5) is 0 Å². The van der Waals surface area contributed by atoms with Gasteiger partial charge in [0, 0.05) is 25.7 Å². The molecule has 0 fully saturated rings. The first kappa shape index (κ1) is 95.1. The summed E-state index contributed by atoms with van der Waals surface area (Å²) in [6.07, 6.45) is 61.2. The highest BCUT2D eigenvalue weighted by atomic mass is 31.2. The van der Waals surface area contributed by atoms with Gasteiger partial charge in [-0.05, 0) is 31.6 Å². The predicted octanol–water partition coefficient (Wildman–Crippen LogP) is 23.3. The molecule has 97 heavy (non-hydrogen) atoms. The Kier molecular flexibility index (Phi) is 69.6. The van der Waals surface area contributed by atoms with Gasteiger partial charge in [0.05, 0.1) is 26.4 Å². The van der Waals surface area contributed by atoms with Gasteiger partial charge in [0.2, 0.25) is 0 Å². The first-order chi connectivity index (χ1) is 47.0. The Morgan fingerprint density at radius 3 is 0.701 bits per heavy atom. The normalized spacial score (nSPS) is 13.9. The van der Waals surface area contributed by atoms with Crippen LogP contribution in [0, 0.1) is 5.92 Å². The molecule has 0 bridgehead atoms. The number of esters is 4. The molecular formula is C78H152O17P2. The van der Waals surface area contributed by atoms with Gasteiger partial charge in [-0.3, -0.25) is 37.3 Å². The Labute approximate surface area is 594 Å². The van der Waals surface area contributed by atoms with E-state index in [1.165, 1.54) is 231 Å². The first-order valence-corrected chi connectivity index (χ1v) is 43.6. The molecular weight excluding hydrogens is 1270 g/mol. The fraction of sp³-hybridized carbons (Fsp3) is 0.949. The maximum absolute atomic E-state index is 13.1. The van der Waals surface area contributed by atoms with E-state index in [-0.39, 0.29) is 25.7 Å². The van der Waals surface area contributed by atoms with Crippen LogP contribution in [0.15, 0.2) is 0 Å². The molecule has 0 amide bonds. The summed E-state index contributed by atoms with van der Waals surface area (Å²) < 4.78 is 68.5. The highest BCUT2D eigenvalue weighted by Gasteiger charge is 2.30. The summed E-state index contributed by atoms with van der Waals surface area (Å²) >= 11 is 0. The van der Waals surface area contributed by atoms with Crippen LogP contribution in [-0.2, 0) is 65.4 Å². The summed E-state index contributed by atoms with van der Waals surface area (Å²) in [6.45, 7) is 7.31. The summed E-state index contributed by atoms with van der Waals surface area (Å²) in [5.41, 5.74) is 0. The fourth-order valence-corrected chi connectivity index (χ4v) is 13.6. The van der Waals surface area contributed by atoms with E-state index >= 15 is 0 Å². The molecule has 5 atom stereocenters. The number of phosphoric acid groups is 2. The van der Waals surface area contributed by atoms with Crippen LogP contribution < -0.4 is 0 Å². The zero-order valence-electron chi connectivity index (χ0n) is 63.2. The number of carbonyl (C=O) groups is 4. The van der Waals surface area contributed by atoms with Crippen LogP contribution in [-0.4, -0.2) is 96.7 Å². The van der Waals surface area contributed by atoms with Crippen molar-refractivity contribution in [1.29, 1.82) is 0 Å². The number of rotatable bonds is 78. The molecule has 0 rings (SSSR count). The van der Waals surface area contributed by atoms with E-state index in [1.807, 2.05) is 0 Å². The zero-order chi connectivity index (χ0) is 71.2. The van der Waals surface area contributed by atoms with Crippen molar-refractivity contribution in [2.24, 2.45) is 5.92 Å². The second-order valence-electron chi connectivity index (χ2n) is 28.6. The lowest BCUT2D eigenvalue weighted by molar-refractivity contribution is -0.161. The Hall–Kier alpha value is -1.94. The van der Waals surface area contributed by atoms with Gasteiger partial charge in [-0.2, -0.15) is 0 Å². The molecule has 0 saturated heterocycles. The second kappa shape index (κ2) is 71.1. The Bertz CT molecular complexity index is 1860. The second-order valence-corrected chi connectivity index (χ2v) is 31.5. The van der Waals surface area contributed by atoms with Crippen molar-refractivity contribution in [3.05, 3.63) is 0 Å². The van der Waals surface area contributed by atoms with Gasteiger partial charge in [-0.1, -0.05) is 362 Å². The number of aliphatic hydroxyl groups is 1. The summed E-state index contributed by atoms with van der Waals surface area (Å²) in [5.74, 6) is -1.29. The van der Waals surface area contributed by atoms with Gasteiger partial charge in [0.1, 0.15) is 19.3 Å². The molecule has 2 unspecified atom stereocenters. The van der Waals surface area contributed by atoms with Crippen molar-refractivity contribution in [2.45, 2.75) is 432 Å². The molecule has 0 saturated carbocycles. The SMILES string of the molecule is CCCCCCCCCCCCCCCCCCCC(=O)OC[C@H](COP(=O)(O)OC[C@@H](O)COP(=O)(O)OC[C@@H](COC(=O)CCCCCCCCCC)OC(=O)CCCCCCCCCCCCC)OC(=O)CCCCCCCCCCCCCCCCCCCCC(C)C. The number of phosphoric ester groups is 2. The summed E-state index contributed by atoms with van der Waals surface area (Å²) in [4.78, 5) is 72.7. The van der Waals surface area contributed by atoms with E-state index in [9.17, 15) is 43.2 Å². The van der Waals surface area contributed by atoms with Crippen molar-refractivity contribution < 1.29 is 80.2 Å². The molecule has 0 aromatic rings. The van der Waals surface area contributed by atoms with Crippen LogP contribution in [0.1, 0.15) is 413 Å². The third-order valence-electron chi connectivity index (χ3n) is 18.3. The zero-order valence-corrected chi connectivity index (χ0v) is 65.0. The lowest BCUT2D eigenvalue weighted by atomic mass is 10.0. The predicted molar refractivity (Wildman–Crippen MR) is 395 cm³/mol. The number of carbonyl (C=O) groups excluding carboxylic acids is 4. The van der Waals surface area contributed by atoms with Gasteiger partial charge < -0.3 is 33.8 Å². The largest absolute Gasteiger partial charge is 0.472 e. The van der Waals surface area contributed by atoms with E-state index in [4.69, 9.17) is 37.0 Å². The summed E-state index contributed by atoms with van der Waals surface area (Å²) in [7, 11) is -9.91. The molecule has 576 valence electrons. The fourth-order valence-electron chi connectivity index (χ4n) is 12.1. The Balaban J connectivity index is 5.17. The molecule has 0 heterocycles. The average molecular weight is 1420 g/mol. The number of hydrogen-bond acceptors (Lipinski definition) is 15. The van der Waals surface area contributed by atoms with Crippen molar-refractivity contribution in [3.8, 4) is 0 Å². The van der Waals surface area contributed by atoms with Gasteiger partial charge in [-0.25, -0.2) is 9.13 Å². The summed E-state index contributed by atoms with van der Waals surface area (Å²) in [5, 5.41) is 10.6. The smallest absolute Gasteiger partial charge is 0.462 e. The maximum Gasteiger partial charge on any atom is 0.472 e. The summed E-state index contributed by atoms with van der Waals surface area (Å²) in [6, 6.07) is 0. The third kappa shape index (κ3) is 72.2. The van der Waals surface area contributed by atoms with Crippen LogP contribution >= 0.6 is 15.6 Å². The van der Waals surface area contributed by atoms with E-state index in [1.54, 1.807) is 0 Å². The molecule has 0 aliphatic rings. The first-order valence-electron chi connectivity index (χ1n) is 40.6. The van der Waals surface area contributed by atoms with Gasteiger partial charge in [-0.15, -0.1) is 0 Å². The molecule has 0 aromatic heterocycles. The quantitative estimate of drug-likeness (QED) is 0.0222. The van der Waals surface area contributed by atoms with Gasteiger partial charge in [0.25, 0.3) is 0 Å². The maximum atomic E-state index is 13.1. The monoisotopic (exact) mass is 1420 g/mol. The van der Waals surface area contributed by atoms with Crippen LogP contribution in [0.2, 0.25) is 0 Å². The van der Waals surface area contributed by atoms with E-state index in [2.05, 4.69) is 34.6 Å². The Morgan fingerprint density at radius 2 is 0.474 bits per heavy atom. The highest BCUT2D eigenvalue weighted by molar-refractivity contribution is 7.47. The number of hydrogen-bond donors (Lipinski definition) is 3. The lowest BCUT2D eigenvalue weighted by Gasteiger charge is -2.21. The van der Waals surface area contributed by atoms with Gasteiger partial charge >= 0.3 is 39.5 Å².